The topological polar surface area (TPSA) is 107 Å². The number of amides is 1. The number of ether oxygens (including phenoxy) is 1. The van der Waals surface area contributed by atoms with E-state index in [4.69, 9.17) is 9.88 Å². The number of rotatable bonds is 3. The third kappa shape index (κ3) is 4.15. The number of carbonyl (C=O) groups excluding carboxylic acids is 1. The summed E-state index contributed by atoms with van der Waals surface area (Å²) in [5.74, 6) is 0. The molecule has 28 heavy (non-hydrogen) atoms. The molecule has 2 aromatic heterocycles. The van der Waals surface area contributed by atoms with Crippen molar-refractivity contribution in [3.8, 4) is 11.3 Å². The van der Waals surface area contributed by atoms with E-state index in [0.29, 0.717) is 22.6 Å². The van der Waals surface area contributed by atoms with Crippen molar-refractivity contribution in [2.24, 2.45) is 5.14 Å². The van der Waals surface area contributed by atoms with Gasteiger partial charge in [-0.1, -0.05) is 12.1 Å². The van der Waals surface area contributed by atoms with Gasteiger partial charge in [0, 0.05) is 18.8 Å². The number of nitrogens with zero attached hydrogens (tertiary/aromatic N) is 3. The SMILES string of the molecule is CN(C(=O)OC(C)(C)C)c1ccc2ncc(-c3cccc(S(N)(=O)=O)c3)n2c1. The zero-order chi connectivity index (χ0) is 20.7. The third-order valence-corrected chi connectivity index (χ3v) is 4.91. The van der Waals surface area contributed by atoms with E-state index in [1.165, 1.54) is 17.0 Å². The predicted molar refractivity (Wildman–Crippen MR) is 107 cm³/mol. The van der Waals surface area contributed by atoms with Crippen molar-refractivity contribution in [1.29, 1.82) is 0 Å². The van der Waals surface area contributed by atoms with Crippen LogP contribution in [0.4, 0.5) is 10.5 Å². The van der Waals surface area contributed by atoms with Gasteiger partial charge in [-0.3, -0.25) is 9.30 Å². The first-order valence-electron chi connectivity index (χ1n) is 8.53. The van der Waals surface area contributed by atoms with Crippen molar-refractivity contribution < 1.29 is 17.9 Å². The molecule has 0 saturated carbocycles. The molecule has 0 radical (unpaired) electrons. The van der Waals surface area contributed by atoms with Crippen molar-refractivity contribution in [1.82, 2.24) is 9.38 Å². The Morgan fingerprint density at radius 1 is 1.21 bits per heavy atom. The molecule has 0 atom stereocenters. The molecule has 0 unspecified atom stereocenters. The van der Waals surface area contributed by atoms with E-state index in [1.54, 1.807) is 68.9 Å². The van der Waals surface area contributed by atoms with Gasteiger partial charge in [0.05, 0.1) is 22.5 Å². The third-order valence-electron chi connectivity index (χ3n) is 4.00. The highest BCUT2D eigenvalue weighted by Gasteiger charge is 2.21. The molecule has 3 aromatic rings. The Morgan fingerprint density at radius 2 is 1.93 bits per heavy atom. The molecule has 1 aromatic carbocycles. The van der Waals surface area contributed by atoms with E-state index in [1.807, 2.05) is 0 Å². The number of aromatic nitrogens is 2. The summed E-state index contributed by atoms with van der Waals surface area (Å²) in [7, 11) is -2.20. The molecule has 0 spiro atoms. The molecule has 0 saturated heterocycles. The number of fused-ring (bicyclic) bond motifs is 1. The number of imidazole rings is 1. The van der Waals surface area contributed by atoms with Crippen LogP contribution in [0.2, 0.25) is 0 Å². The molecule has 3 rings (SSSR count). The Labute approximate surface area is 163 Å². The Kier molecular flexibility index (Phi) is 4.90. The minimum Gasteiger partial charge on any atom is -0.443 e. The average Bonchev–Trinajstić information content (AvgIpc) is 3.02. The van der Waals surface area contributed by atoms with Crippen LogP contribution >= 0.6 is 0 Å². The Balaban J connectivity index is 2.03. The van der Waals surface area contributed by atoms with Crippen molar-refractivity contribution in [3.63, 3.8) is 0 Å². The molecule has 9 heteroatoms. The fourth-order valence-electron chi connectivity index (χ4n) is 2.65. The maximum absolute atomic E-state index is 12.3. The van der Waals surface area contributed by atoms with E-state index in [0.717, 1.165) is 0 Å². The maximum Gasteiger partial charge on any atom is 0.414 e. The van der Waals surface area contributed by atoms with Crippen molar-refractivity contribution in [2.45, 2.75) is 31.3 Å². The van der Waals surface area contributed by atoms with Gasteiger partial charge in [-0.15, -0.1) is 0 Å². The van der Waals surface area contributed by atoms with E-state index >= 15 is 0 Å². The first-order valence-corrected chi connectivity index (χ1v) is 10.1. The van der Waals surface area contributed by atoms with Crippen LogP contribution < -0.4 is 10.0 Å². The van der Waals surface area contributed by atoms with Crippen LogP contribution in [0.1, 0.15) is 20.8 Å². The number of pyridine rings is 1. The van der Waals surface area contributed by atoms with Crippen LogP contribution in [0.15, 0.2) is 53.7 Å². The number of primary sulfonamides is 1. The molecule has 148 valence electrons. The van der Waals surface area contributed by atoms with E-state index in [-0.39, 0.29) is 4.90 Å². The summed E-state index contributed by atoms with van der Waals surface area (Å²) in [5.41, 5.74) is 1.95. The highest BCUT2D eigenvalue weighted by molar-refractivity contribution is 7.89. The van der Waals surface area contributed by atoms with Gasteiger partial charge in [0.1, 0.15) is 11.2 Å². The highest BCUT2D eigenvalue weighted by atomic mass is 32.2. The van der Waals surface area contributed by atoms with E-state index in [9.17, 15) is 13.2 Å². The number of nitrogens with two attached hydrogens (primary N) is 1. The Morgan fingerprint density at radius 3 is 2.57 bits per heavy atom. The Hall–Kier alpha value is -2.91. The number of carbonyl (C=O) groups is 1. The van der Waals surface area contributed by atoms with Crippen molar-refractivity contribution in [2.75, 3.05) is 11.9 Å². The van der Waals surface area contributed by atoms with E-state index in [2.05, 4.69) is 4.98 Å². The summed E-state index contributed by atoms with van der Waals surface area (Å²) in [5, 5.41) is 5.23. The summed E-state index contributed by atoms with van der Waals surface area (Å²) in [6.45, 7) is 5.40. The molecule has 2 heterocycles. The zero-order valence-corrected chi connectivity index (χ0v) is 16.9. The lowest BCUT2D eigenvalue weighted by Crippen LogP contribution is -2.34. The summed E-state index contributed by atoms with van der Waals surface area (Å²) < 4.78 is 30.5. The first kappa shape index (κ1) is 19.8. The second kappa shape index (κ2) is 6.92. The second-order valence-electron chi connectivity index (χ2n) is 7.37. The van der Waals surface area contributed by atoms with Crippen molar-refractivity contribution in [3.05, 3.63) is 48.8 Å². The summed E-state index contributed by atoms with van der Waals surface area (Å²) in [6.07, 6.45) is 2.89. The molecule has 0 aliphatic rings. The normalized spacial score (nSPS) is 12.2. The molecular formula is C19H22N4O4S. The Bertz CT molecular complexity index is 1150. The maximum atomic E-state index is 12.3. The van der Waals surface area contributed by atoms with Gasteiger partial charge in [-0.05, 0) is 45.0 Å². The lowest BCUT2D eigenvalue weighted by molar-refractivity contribution is 0.0589. The van der Waals surface area contributed by atoms with Crippen LogP contribution in [0.25, 0.3) is 16.9 Å². The molecule has 0 fully saturated rings. The molecule has 1 amide bonds. The van der Waals surface area contributed by atoms with Crippen LogP contribution in [-0.4, -0.2) is 36.5 Å². The molecular weight excluding hydrogens is 380 g/mol. The average molecular weight is 402 g/mol. The fourth-order valence-corrected chi connectivity index (χ4v) is 3.21. The number of hydrogen-bond acceptors (Lipinski definition) is 5. The van der Waals surface area contributed by atoms with Crippen molar-refractivity contribution >= 4 is 27.5 Å². The zero-order valence-electron chi connectivity index (χ0n) is 16.1. The van der Waals surface area contributed by atoms with Crippen LogP contribution in [0, 0.1) is 0 Å². The highest BCUT2D eigenvalue weighted by Crippen LogP contribution is 2.26. The number of sulfonamides is 1. The monoisotopic (exact) mass is 402 g/mol. The van der Waals surface area contributed by atoms with Gasteiger partial charge in [0.25, 0.3) is 0 Å². The first-order chi connectivity index (χ1) is 13.0. The van der Waals surface area contributed by atoms with Crippen LogP contribution in [-0.2, 0) is 14.8 Å². The standard InChI is InChI=1S/C19H22N4O4S/c1-19(2,3)27-18(24)22(4)14-8-9-17-21-11-16(23(17)12-14)13-6-5-7-15(10-13)28(20,25)26/h5-12H,1-4H3,(H2,20,25,26). The summed E-state index contributed by atoms with van der Waals surface area (Å²) in [6, 6.07) is 9.83. The molecule has 0 aliphatic heterocycles. The summed E-state index contributed by atoms with van der Waals surface area (Å²) >= 11 is 0. The lowest BCUT2D eigenvalue weighted by atomic mass is 10.2. The molecule has 0 bridgehead atoms. The van der Waals surface area contributed by atoms with E-state index < -0.39 is 21.7 Å². The smallest absolute Gasteiger partial charge is 0.414 e. The minimum absolute atomic E-state index is 0.0157. The van der Waals surface area contributed by atoms with Crippen LogP contribution in [0.3, 0.4) is 0 Å². The summed E-state index contributed by atoms with van der Waals surface area (Å²) in [4.78, 5) is 18.1. The van der Waals surface area contributed by atoms with Gasteiger partial charge in [0.15, 0.2) is 0 Å². The second-order valence-corrected chi connectivity index (χ2v) is 8.93. The number of benzene rings is 1. The van der Waals surface area contributed by atoms with Crippen LogP contribution in [0.5, 0.6) is 0 Å². The number of anilines is 1. The largest absolute Gasteiger partial charge is 0.443 e. The van der Waals surface area contributed by atoms with Gasteiger partial charge in [-0.2, -0.15) is 0 Å². The van der Waals surface area contributed by atoms with Gasteiger partial charge >= 0.3 is 6.09 Å². The van der Waals surface area contributed by atoms with Gasteiger partial charge in [-0.25, -0.2) is 23.3 Å². The minimum atomic E-state index is -3.82. The van der Waals surface area contributed by atoms with Gasteiger partial charge in [0.2, 0.25) is 10.0 Å². The quantitative estimate of drug-likeness (QED) is 0.725. The molecule has 8 nitrogen and oxygen atoms in total. The predicted octanol–water partition coefficient (Wildman–Crippen LogP) is 3.02. The fraction of sp³-hybridized carbons (Fsp3) is 0.263. The molecule has 0 aliphatic carbocycles. The van der Waals surface area contributed by atoms with Gasteiger partial charge < -0.3 is 4.74 Å². The number of hydrogen-bond donors (Lipinski definition) is 1. The molecule has 2 N–H and O–H groups in total. The lowest BCUT2D eigenvalue weighted by Gasteiger charge is -2.24.